The molecule has 11 nitrogen and oxygen atoms in total. The Balaban J connectivity index is 1.61. The van der Waals surface area contributed by atoms with Crippen LogP contribution in [0.1, 0.15) is 25.2 Å². The maximum absolute atomic E-state index is 12.9. The van der Waals surface area contributed by atoms with E-state index in [0.29, 0.717) is 23.5 Å². The quantitative estimate of drug-likeness (QED) is 0.360. The number of rotatable bonds is 6. The topological polar surface area (TPSA) is 168 Å². The maximum Gasteiger partial charge on any atom is 0.196 e. The average molecular weight is 468 g/mol. The minimum Gasteiger partial charge on any atom is -0.495 e. The second-order valence-electron chi connectivity index (χ2n) is 8.81. The van der Waals surface area contributed by atoms with E-state index in [1.54, 1.807) is 19.9 Å². The van der Waals surface area contributed by atoms with Gasteiger partial charge in [-0.3, -0.25) is 4.79 Å². The number of hydrogen-bond acceptors (Lipinski definition) is 11. The molecule has 1 fully saturated rings. The van der Waals surface area contributed by atoms with Gasteiger partial charge < -0.3 is 48.9 Å². The molecular weight excluding hydrogens is 440 g/mol. The number of fused-ring (bicyclic) bond motifs is 2. The number of hydrogen-bond donors (Lipinski definition) is 5. The molecule has 2 aliphatic rings. The first-order valence-corrected chi connectivity index (χ1v) is 10.5. The summed E-state index contributed by atoms with van der Waals surface area (Å²) in [5.74, 6) is 0.842. The Morgan fingerprint density at radius 3 is 2.52 bits per heavy atom. The van der Waals surface area contributed by atoms with Crippen LogP contribution in [0.25, 0.3) is 11.0 Å². The van der Waals surface area contributed by atoms with Gasteiger partial charge in [-0.15, -0.1) is 0 Å². The second-order valence-corrected chi connectivity index (χ2v) is 8.81. The van der Waals surface area contributed by atoms with Gasteiger partial charge in [-0.1, -0.05) is 0 Å². The van der Waals surface area contributed by atoms with E-state index in [4.69, 9.17) is 23.4 Å². The van der Waals surface area contributed by atoms with Crippen LogP contribution >= 0.6 is 0 Å². The molecule has 182 valence electrons. The molecule has 33 heavy (non-hydrogen) atoms. The molecule has 0 amide bonds. The molecule has 1 saturated heterocycles. The first-order chi connectivity index (χ1) is 15.5. The Morgan fingerprint density at radius 2 is 1.88 bits per heavy atom. The van der Waals surface area contributed by atoms with Crippen LogP contribution in [0.15, 0.2) is 21.3 Å². The zero-order valence-corrected chi connectivity index (χ0v) is 18.4. The van der Waals surface area contributed by atoms with Gasteiger partial charge in [-0.25, -0.2) is 0 Å². The molecular formula is C22H28O11. The molecule has 0 unspecified atom stereocenters. The molecule has 5 N–H and O–H groups in total. The molecule has 1 aromatic carbocycles. The van der Waals surface area contributed by atoms with Crippen molar-refractivity contribution >= 4 is 11.0 Å². The van der Waals surface area contributed by atoms with Gasteiger partial charge in [0, 0.05) is 24.1 Å². The Kier molecular flexibility index (Phi) is 6.40. The Labute approximate surface area is 188 Å². The van der Waals surface area contributed by atoms with Crippen LogP contribution < -0.4 is 14.9 Å². The Morgan fingerprint density at radius 1 is 1.15 bits per heavy atom. The molecule has 4 rings (SSSR count). The number of benzene rings is 1. The summed E-state index contributed by atoms with van der Waals surface area (Å²) in [5.41, 5.74) is -0.662. The zero-order chi connectivity index (χ0) is 24.1. The lowest BCUT2D eigenvalue weighted by molar-refractivity contribution is -0.304. The fourth-order valence-electron chi connectivity index (χ4n) is 4.09. The van der Waals surface area contributed by atoms with Crippen LogP contribution in [0.4, 0.5) is 0 Å². The number of ether oxygens (including phenoxy) is 4. The van der Waals surface area contributed by atoms with Crippen molar-refractivity contribution in [3.8, 4) is 11.5 Å². The standard InChI is InChI=1S/C22H28O11/c1-22(2,28)15-5-10-12(32-15)6-13-16(20(10)29-3)11(24)4-9(31-13)8-30-21-19(27)18(26)17(25)14(7-23)33-21/h4,6,14-15,17-19,21,23,25-28H,5,7-8H2,1-3H3/t14-,15+,17+,18-,19-,21-/m1/s1. The van der Waals surface area contributed by atoms with Gasteiger partial charge in [-0.05, 0) is 13.8 Å². The lowest BCUT2D eigenvalue weighted by atomic mass is 9.96. The lowest BCUT2D eigenvalue weighted by Gasteiger charge is -2.39. The predicted octanol–water partition coefficient (Wildman–Crippen LogP) is -0.808. The third kappa shape index (κ3) is 4.33. The highest BCUT2D eigenvalue weighted by Gasteiger charge is 2.44. The van der Waals surface area contributed by atoms with Gasteiger partial charge in [0.05, 0.1) is 19.3 Å². The largest absolute Gasteiger partial charge is 0.495 e. The molecule has 0 saturated carbocycles. The van der Waals surface area contributed by atoms with Crippen LogP contribution in [-0.2, 0) is 22.5 Å². The molecule has 2 aromatic rings. The van der Waals surface area contributed by atoms with Crippen LogP contribution in [0.3, 0.4) is 0 Å². The third-order valence-electron chi connectivity index (χ3n) is 5.98. The molecule has 6 atom stereocenters. The van der Waals surface area contributed by atoms with Crippen molar-refractivity contribution in [3.63, 3.8) is 0 Å². The normalized spacial score (nSPS) is 29.7. The van der Waals surface area contributed by atoms with Crippen molar-refractivity contribution in [3.05, 3.63) is 33.7 Å². The maximum atomic E-state index is 12.9. The Hall–Kier alpha value is -2.25. The summed E-state index contributed by atoms with van der Waals surface area (Å²) in [6.07, 6.45) is -7.33. The van der Waals surface area contributed by atoms with E-state index in [1.165, 1.54) is 13.2 Å². The van der Waals surface area contributed by atoms with Crippen LogP contribution in [0.2, 0.25) is 0 Å². The van der Waals surface area contributed by atoms with E-state index < -0.39 is 54.4 Å². The van der Waals surface area contributed by atoms with Gasteiger partial charge in [0.2, 0.25) is 0 Å². The van der Waals surface area contributed by atoms with Crippen molar-refractivity contribution in [2.75, 3.05) is 13.7 Å². The monoisotopic (exact) mass is 468 g/mol. The fourth-order valence-corrected chi connectivity index (χ4v) is 4.09. The minimum atomic E-state index is -1.59. The molecule has 11 heteroatoms. The summed E-state index contributed by atoms with van der Waals surface area (Å²) in [6, 6.07) is 2.77. The number of aliphatic hydroxyl groups excluding tert-OH is 4. The molecule has 0 radical (unpaired) electrons. The minimum absolute atomic E-state index is 0.100. The second kappa shape index (κ2) is 8.84. The number of methoxy groups -OCH3 is 1. The summed E-state index contributed by atoms with van der Waals surface area (Å²) >= 11 is 0. The van der Waals surface area contributed by atoms with E-state index in [9.17, 15) is 30.3 Å². The van der Waals surface area contributed by atoms with Gasteiger partial charge in [0.15, 0.2) is 11.7 Å². The molecule has 0 spiro atoms. The van der Waals surface area contributed by atoms with Gasteiger partial charge in [0.25, 0.3) is 0 Å². The molecule has 2 aliphatic heterocycles. The van der Waals surface area contributed by atoms with Gasteiger partial charge in [-0.2, -0.15) is 0 Å². The molecule has 0 bridgehead atoms. The summed E-state index contributed by atoms with van der Waals surface area (Å²) in [7, 11) is 1.43. The van der Waals surface area contributed by atoms with Crippen LogP contribution in [0, 0.1) is 0 Å². The van der Waals surface area contributed by atoms with Crippen LogP contribution in [0.5, 0.6) is 11.5 Å². The van der Waals surface area contributed by atoms with E-state index in [-0.39, 0.29) is 23.3 Å². The highest BCUT2D eigenvalue weighted by atomic mass is 16.7. The number of aliphatic hydroxyl groups is 5. The first-order valence-electron chi connectivity index (χ1n) is 10.5. The van der Waals surface area contributed by atoms with E-state index in [2.05, 4.69) is 0 Å². The molecule has 3 heterocycles. The van der Waals surface area contributed by atoms with E-state index in [1.807, 2.05) is 0 Å². The van der Waals surface area contributed by atoms with Crippen molar-refractivity contribution in [1.29, 1.82) is 0 Å². The molecule has 0 aliphatic carbocycles. The van der Waals surface area contributed by atoms with Crippen molar-refractivity contribution in [2.24, 2.45) is 0 Å². The summed E-state index contributed by atoms with van der Waals surface area (Å²) < 4.78 is 27.9. The van der Waals surface area contributed by atoms with E-state index >= 15 is 0 Å². The highest BCUT2D eigenvalue weighted by Crippen LogP contribution is 2.43. The molecule has 1 aromatic heterocycles. The van der Waals surface area contributed by atoms with Gasteiger partial charge in [0.1, 0.15) is 65.4 Å². The van der Waals surface area contributed by atoms with E-state index in [0.717, 1.165) is 0 Å². The van der Waals surface area contributed by atoms with Crippen molar-refractivity contribution in [1.82, 2.24) is 0 Å². The first kappa shape index (κ1) is 23.9. The lowest BCUT2D eigenvalue weighted by Crippen LogP contribution is -2.59. The van der Waals surface area contributed by atoms with Crippen molar-refractivity contribution < 1.29 is 48.9 Å². The predicted molar refractivity (Wildman–Crippen MR) is 112 cm³/mol. The Bertz CT molecular complexity index is 1070. The summed E-state index contributed by atoms with van der Waals surface area (Å²) in [5, 5.41) is 49.7. The van der Waals surface area contributed by atoms with Crippen molar-refractivity contribution in [2.45, 2.75) is 69.3 Å². The van der Waals surface area contributed by atoms with Gasteiger partial charge >= 0.3 is 0 Å². The highest BCUT2D eigenvalue weighted by molar-refractivity contribution is 5.87. The SMILES string of the molecule is COc1c2c(cc3oc(CO[C@@H]4O[C@H](CO)[C@H](O)[C@@H](O)[C@H]4O)cc(=O)c13)O[C@H](C(C)(C)O)C2. The van der Waals surface area contributed by atoms with Crippen LogP contribution in [-0.4, -0.2) is 81.7 Å². The smallest absolute Gasteiger partial charge is 0.196 e. The fraction of sp³-hybridized carbons (Fsp3) is 0.591. The third-order valence-corrected chi connectivity index (χ3v) is 5.98. The average Bonchev–Trinajstić information content (AvgIpc) is 3.20. The summed E-state index contributed by atoms with van der Waals surface area (Å²) in [4.78, 5) is 12.9. The zero-order valence-electron chi connectivity index (χ0n) is 18.4. The summed E-state index contributed by atoms with van der Waals surface area (Å²) in [6.45, 7) is 2.37.